The molecule has 0 spiro atoms. The summed E-state index contributed by atoms with van der Waals surface area (Å²) in [5.41, 5.74) is 9.75. The first-order chi connectivity index (χ1) is 9.66. The molecular formula is C14H10BrIN4. The maximum Gasteiger partial charge on any atom is 0.153 e. The number of pyridine rings is 1. The van der Waals surface area contributed by atoms with Gasteiger partial charge in [0.25, 0.3) is 0 Å². The Hall–Kier alpha value is -1.41. The van der Waals surface area contributed by atoms with Gasteiger partial charge in [-0.1, -0.05) is 22.0 Å². The molecule has 0 saturated heterocycles. The SMILES string of the molecule is Nc1n[nH]c(-c2cc(I)ccc2Br)c1-c1cccnc1. The Morgan fingerprint density at radius 1 is 1.25 bits per heavy atom. The molecule has 2 heterocycles. The van der Waals surface area contributed by atoms with E-state index in [-0.39, 0.29) is 0 Å². The number of nitrogen functional groups attached to an aromatic ring is 1. The van der Waals surface area contributed by atoms with Gasteiger partial charge in [0.15, 0.2) is 5.82 Å². The number of nitrogens with one attached hydrogen (secondary N) is 1. The predicted octanol–water partition coefficient (Wildman–Crippen LogP) is 4.09. The minimum absolute atomic E-state index is 0.471. The summed E-state index contributed by atoms with van der Waals surface area (Å²) in [7, 11) is 0. The highest BCUT2D eigenvalue weighted by atomic mass is 127. The van der Waals surface area contributed by atoms with Crippen LogP contribution in [-0.4, -0.2) is 15.2 Å². The zero-order chi connectivity index (χ0) is 14.1. The van der Waals surface area contributed by atoms with Gasteiger partial charge in [-0.15, -0.1) is 0 Å². The average Bonchev–Trinajstić information content (AvgIpc) is 2.84. The zero-order valence-corrected chi connectivity index (χ0v) is 14.0. The van der Waals surface area contributed by atoms with E-state index in [4.69, 9.17) is 5.73 Å². The van der Waals surface area contributed by atoms with Crippen molar-refractivity contribution in [3.8, 4) is 22.4 Å². The van der Waals surface area contributed by atoms with Crippen LogP contribution in [0.15, 0.2) is 47.2 Å². The number of halogens is 2. The number of nitrogens with two attached hydrogens (primary N) is 1. The van der Waals surface area contributed by atoms with Crippen molar-refractivity contribution in [2.24, 2.45) is 0 Å². The number of hydrogen-bond donors (Lipinski definition) is 2. The first-order valence-corrected chi connectivity index (χ1v) is 7.73. The molecule has 0 unspecified atom stereocenters. The summed E-state index contributed by atoms with van der Waals surface area (Å²) in [6.07, 6.45) is 3.52. The van der Waals surface area contributed by atoms with Crippen molar-refractivity contribution in [2.45, 2.75) is 0 Å². The summed E-state index contributed by atoms with van der Waals surface area (Å²) >= 11 is 5.86. The van der Waals surface area contributed by atoms with Gasteiger partial charge < -0.3 is 5.73 Å². The van der Waals surface area contributed by atoms with E-state index in [0.29, 0.717) is 5.82 Å². The summed E-state index contributed by atoms with van der Waals surface area (Å²) in [5, 5.41) is 7.16. The van der Waals surface area contributed by atoms with Crippen molar-refractivity contribution in [1.29, 1.82) is 0 Å². The molecule has 0 amide bonds. The van der Waals surface area contributed by atoms with E-state index in [9.17, 15) is 0 Å². The monoisotopic (exact) mass is 440 g/mol. The number of benzene rings is 1. The second-order valence-electron chi connectivity index (χ2n) is 4.22. The second kappa shape index (κ2) is 5.53. The Kier molecular flexibility index (Phi) is 3.75. The van der Waals surface area contributed by atoms with Crippen molar-refractivity contribution in [2.75, 3.05) is 5.73 Å². The maximum absolute atomic E-state index is 6.01. The second-order valence-corrected chi connectivity index (χ2v) is 6.32. The number of rotatable bonds is 2. The summed E-state index contributed by atoms with van der Waals surface area (Å²) < 4.78 is 2.14. The van der Waals surface area contributed by atoms with Gasteiger partial charge in [-0.25, -0.2) is 0 Å². The number of anilines is 1. The van der Waals surface area contributed by atoms with E-state index < -0.39 is 0 Å². The minimum Gasteiger partial charge on any atom is -0.382 e. The molecule has 6 heteroatoms. The number of aromatic nitrogens is 3. The lowest BCUT2D eigenvalue weighted by Gasteiger charge is -2.07. The van der Waals surface area contributed by atoms with E-state index in [1.165, 1.54) is 0 Å². The minimum atomic E-state index is 0.471. The smallest absolute Gasteiger partial charge is 0.153 e. The molecule has 3 rings (SSSR count). The molecule has 3 N–H and O–H groups in total. The van der Waals surface area contributed by atoms with Crippen LogP contribution < -0.4 is 5.73 Å². The third-order valence-corrected chi connectivity index (χ3v) is 4.30. The number of nitrogens with zero attached hydrogens (tertiary/aromatic N) is 2. The molecule has 0 atom stereocenters. The van der Waals surface area contributed by atoms with Crippen LogP contribution >= 0.6 is 38.5 Å². The average molecular weight is 441 g/mol. The third kappa shape index (κ3) is 2.45. The van der Waals surface area contributed by atoms with Crippen molar-refractivity contribution in [1.82, 2.24) is 15.2 Å². The first-order valence-electron chi connectivity index (χ1n) is 5.86. The highest BCUT2D eigenvalue weighted by Gasteiger charge is 2.17. The Morgan fingerprint density at radius 3 is 2.85 bits per heavy atom. The molecule has 1 aromatic carbocycles. The van der Waals surface area contributed by atoms with Crippen molar-refractivity contribution >= 4 is 44.3 Å². The van der Waals surface area contributed by atoms with Crippen LogP contribution in [0.1, 0.15) is 0 Å². The highest BCUT2D eigenvalue weighted by Crippen LogP contribution is 2.38. The van der Waals surface area contributed by atoms with Crippen LogP contribution in [0.5, 0.6) is 0 Å². The van der Waals surface area contributed by atoms with Gasteiger partial charge in [-0.3, -0.25) is 10.1 Å². The first kappa shape index (κ1) is 13.6. The van der Waals surface area contributed by atoms with Crippen LogP contribution in [0, 0.1) is 3.57 Å². The van der Waals surface area contributed by atoms with Crippen LogP contribution in [0.4, 0.5) is 5.82 Å². The lowest BCUT2D eigenvalue weighted by Crippen LogP contribution is -1.90. The molecule has 0 aliphatic carbocycles. The largest absolute Gasteiger partial charge is 0.382 e. The van der Waals surface area contributed by atoms with Crippen LogP contribution in [-0.2, 0) is 0 Å². The quantitative estimate of drug-likeness (QED) is 0.590. The lowest BCUT2D eigenvalue weighted by molar-refractivity contribution is 1.10. The van der Waals surface area contributed by atoms with Gasteiger partial charge in [-0.2, -0.15) is 5.10 Å². The predicted molar refractivity (Wildman–Crippen MR) is 92.1 cm³/mol. The molecule has 20 heavy (non-hydrogen) atoms. The fourth-order valence-electron chi connectivity index (χ4n) is 2.04. The van der Waals surface area contributed by atoms with E-state index in [0.717, 1.165) is 30.4 Å². The van der Waals surface area contributed by atoms with Crippen LogP contribution in [0.25, 0.3) is 22.4 Å². The van der Waals surface area contributed by atoms with E-state index in [1.54, 1.807) is 12.4 Å². The number of H-pyrrole nitrogens is 1. The van der Waals surface area contributed by atoms with Gasteiger partial charge in [0.2, 0.25) is 0 Å². The van der Waals surface area contributed by atoms with E-state index in [1.807, 2.05) is 24.3 Å². The Labute approximate surface area is 138 Å². The van der Waals surface area contributed by atoms with E-state index in [2.05, 4.69) is 59.8 Å². The van der Waals surface area contributed by atoms with Gasteiger partial charge >= 0.3 is 0 Å². The zero-order valence-electron chi connectivity index (χ0n) is 10.3. The lowest BCUT2D eigenvalue weighted by atomic mass is 10.0. The molecule has 2 aromatic heterocycles. The topological polar surface area (TPSA) is 67.6 Å². The molecule has 0 saturated carbocycles. The van der Waals surface area contributed by atoms with Crippen LogP contribution in [0.2, 0.25) is 0 Å². The standard InChI is InChI=1S/C14H10BrIN4/c15-11-4-3-9(16)6-10(11)13-12(14(17)20-19-13)8-2-1-5-18-7-8/h1-7H,(H3,17,19,20). The summed E-state index contributed by atoms with van der Waals surface area (Å²) in [6, 6.07) is 9.99. The molecule has 100 valence electrons. The fourth-order valence-corrected chi connectivity index (χ4v) is 2.98. The molecule has 0 bridgehead atoms. The molecule has 0 aliphatic rings. The van der Waals surface area contributed by atoms with Crippen LogP contribution in [0.3, 0.4) is 0 Å². The van der Waals surface area contributed by atoms with Gasteiger partial charge in [0.05, 0.1) is 11.3 Å². The molecule has 4 nitrogen and oxygen atoms in total. The summed E-state index contributed by atoms with van der Waals surface area (Å²) in [4.78, 5) is 4.15. The fraction of sp³-hybridized carbons (Fsp3) is 0. The van der Waals surface area contributed by atoms with Gasteiger partial charge in [0, 0.05) is 31.6 Å². The van der Waals surface area contributed by atoms with Gasteiger partial charge in [0.1, 0.15) is 0 Å². The number of hydrogen-bond acceptors (Lipinski definition) is 3. The van der Waals surface area contributed by atoms with Crippen molar-refractivity contribution in [3.63, 3.8) is 0 Å². The third-order valence-electron chi connectivity index (χ3n) is 2.94. The summed E-state index contributed by atoms with van der Waals surface area (Å²) in [5.74, 6) is 0.471. The molecular weight excluding hydrogens is 431 g/mol. The molecule has 0 radical (unpaired) electrons. The van der Waals surface area contributed by atoms with Crippen molar-refractivity contribution in [3.05, 3.63) is 50.8 Å². The highest BCUT2D eigenvalue weighted by molar-refractivity contribution is 14.1. The Morgan fingerprint density at radius 2 is 2.10 bits per heavy atom. The Bertz CT molecular complexity index is 755. The molecule has 0 aliphatic heterocycles. The Balaban J connectivity index is 2.24. The van der Waals surface area contributed by atoms with Gasteiger partial charge in [-0.05, 0) is 46.9 Å². The maximum atomic E-state index is 6.01. The number of aromatic amines is 1. The van der Waals surface area contributed by atoms with Crippen molar-refractivity contribution < 1.29 is 0 Å². The van der Waals surface area contributed by atoms with E-state index >= 15 is 0 Å². The molecule has 0 fully saturated rings. The molecule has 3 aromatic rings. The normalized spacial score (nSPS) is 10.7. The summed E-state index contributed by atoms with van der Waals surface area (Å²) in [6.45, 7) is 0.